The van der Waals surface area contributed by atoms with Gasteiger partial charge in [0.15, 0.2) is 0 Å². The van der Waals surface area contributed by atoms with Gasteiger partial charge in [0, 0.05) is 23.8 Å². The highest BCUT2D eigenvalue weighted by molar-refractivity contribution is 7.82. The number of benzene rings is 2. The number of hydrogen-bond acceptors (Lipinski definition) is 6. The van der Waals surface area contributed by atoms with E-state index < -0.39 is 0 Å². The number of fused-ring (bicyclic) bond motifs is 1. The normalized spacial score (nSPS) is 10.5. The summed E-state index contributed by atoms with van der Waals surface area (Å²) in [4.78, 5) is 23.2. The second-order valence-electron chi connectivity index (χ2n) is 6.21. The lowest BCUT2D eigenvalue weighted by atomic mass is 10.2. The van der Waals surface area contributed by atoms with Crippen molar-refractivity contribution in [2.24, 2.45) is 0 Å². The second kappa shape index (κ2) is 8.31. The highest BCUT2D eigenvalue weighted by Gasteiger charge is 2.18. The predicted octanol–water partition coefficient (Wildman–Crippen LogP) is 5.09. The highest BCUT2D eigenvalue weighted by atomic mass is 32.2. The topological polar surface area (TPSA) is 81.9 Å². The molecule has 8 heteroatoms. The number of rotatable bonds is 4. The maximum absolute atomic E-state index is 13.1. The number of thiol groups is 1. The maximum atomic E-state index is 13.1. The fourth-order valence-corrected chi connectivity index (χ4v) is 3.98. The van der Waals surface area contributed by atoms with E-state index in [1.165, 1.54) is 11.3 Å². The number of urea groups is 1. The third-order valence-corrected chi connectivity index (χ3v) is 5.47. The van der Waals surface area contributed by atoms with Crippen LogP contribution in [0.5, 0.6) is 0 Å². The van der Waals surface area contributed by atoms with E-state index in [9.17, 15) is 4.79 Å². The molecule has 0 unspecified atom stereocenters. The third kappa shape index (κ3) is 4.37. The van der Waals surface area contributed by atoms with Crippen LogP contribution in [0.25, 0.3) is 10.2 Å². The van der Waals surface area contributed by atoms with Crippen LogP contribution in [-0.2, 0) is 6.54 Å². The van der Waals surface area contributed by atoms with E-state index in [0.717, 1.165) is 21.5 Å². The molecule has 0 aliphatic rings. The molecule has 1 N–H and O–H groups in total. The van der Waals surface area contributed by atoms with E-state index in [1.54, 1.807) is 41.6 Å². The van der Waals surface area contributed by atoms with Crippen molar-refractivity contribution in [1.82, 2.24) is 9.97 Å². The molecule has 0 aliphatic carbocycles. The Morgan fingerprint density at radius 1 is 1.14 bits per heavy atom. The van der Waals surface area contributed by atoms with Gasteiger partial charge in [0.2, 0.25) is 0 Å². The Kier molecular flexibility index (Phi) is 5.42. The molecule has 2 amide bonds. The minimum absolute atomic E-state index is 0.276. The molecule has 0 radical (unpaired) electrons. The fraction of sp³-hybridized carbons (Fsp3) is 0.0476. The van der Waals surface area contributed by atoms with E-state index in [1.807, 2.05) is 30.3 Å². The van der Waals surface area contributed by atoms with Gasteiger partial charge in [0.1, 0.15) is 4.34 Å². The van der Waals surface area contributed by atoms with Crippen LogP contribution in [0.15, 0.2) is 71.3 Å². The summed E-state index contributed by atoms with van der Waals surface area (Å²) < 4.78 is 1.64. The number of amides is 2. The minimum Gasteiger partial charge on any atom is -0.308 e. The summed E-state index contributed by atoms with van der Waals surface area (Å²) in [6, 6.07) is 18.0. The number of carbonyl (C=O) groups is 1. The molecule has 0 aliphatic heterocycles. The highest BCUT2D eigenvalue weighted by Crippen LogP contribution is 2.29. The molecule has 2 aromatic carbocycles. The van der Waals surface area contributed by atoms with Crippen LogP contribution in [0.3, 0.4) is 0 Å². The standard InChI is InChI=1S/C21H15N5OS2/c22-12-14-1-3-16(4-2-14)24-20(27)26(13-15-7-9-23-10-8-15)17-5-6-18-19(11-17)29-21(28)25-18/h1-11H,13H2,(H,24,27)(H,25,28). The monoisotopic (exact) mass is 417 g/mol. The number of carbonyl (C=O) groups excluding carboxylic acids is 1. The van der Waals surface area contributed by atoms with Gasteiger partial charge in [0.25, 0.3) is 0 Å². The second-order valence-corrected chi connectivity index (χ2v) is 7.97. The zero-order chi connectivity index (χ0) is 20.2. The SMILES string of the molecule is N#Cc1ccc(NC(=O)N(Cc2ccncc2)c2ccc3nc(S)sc3c2)cc1. The molecule has 4 aromatic rings. The van der Waals surface area contributed by atoms with Crippen LogP contribution in [-0.4, -0.2) is 16.0 Å². The quantitative estimate of drug-likeness (QED) is 0.453. The number of nitrogens with zero attached hydrogens (tertiary/aromatic N) is 4. The summed E-state index contributed by atoms with van der Waals surface area (Å²) in [7, 11) is 0. The van der Waals surface area contributed by atoms with Crippen molar-refractivity contribution in [3.63, 3.8) is 0 Å². The number of anilines is 2. The average molecular weight is 418 g/mol. The molecule has 2 heterocycles. The molecule has 4 rings (SSSR count). The van der Waals surface area contributed by atoms with Gasteiger partial charge in [-0.2, -0.15) is 5.26 Å². The van der Waals surface area contributed by atoms with Gasteiger partial charge >= 0.3 is 6.03 Å². The molecule has 6 nitrogen and oxygen atoms in total. The van der Waals surface area contributed by atoms with Gasteiger partial charge in [-0.25, -0.2) is 9.78 Å². The van der Waals surface area contributed by atoms with Gasteiger partial charge in [-0.3, -0.25) is 9.88 Å². The Morgan fingerprint density at radius 2 is 1.90 bits per heavy atom. The van der Waals surface area contributed by atoms with Crippen molar-refractivity contribution in [1.29, 1.82) is 5.26 Å². The summed E-state index contributed by atoms with van der Waals surface area (Å²) in [5.41, 5.74) is 3.70. The number of nitrogens with one attached hydrogen (secondary N) is 1. The Balaban J connectivity index is 1.66. The maximum Gasteiger partial charge on any atom is 0.326 e. The average Bonchev–Trinajstić information content (AvgIpc) is 3.12. The molecule has 0 bridgehead atoms. The molecule has 29 heavy (non-hydrogen) atoms. The molecule has 142 valence electrons. The molecule has 0 saturated carbocycles. The van der Waals surface area contributed by atoms with E-state index in [-0.39, 0.29) is 6.03 Å². The molecule has 0 spiro atoms. The molecule has 0 saturated heterocycles. The summed E-state index contributed by atoms with van der Waals surface area (Å²) in [6.07, 6.45) is 3.40. The van der Waals surface area contributed by atoms with Gasteiger partial charge in [0.05, 0.1) is 28.4 Å². The molecular weight excluding hydrogens is 402 g/mol. The number of thiazole rings is 1. The van der Waals surface area contributed by atoms with Crippen molar-refractivity contribution < 1.29 is 4.79 Å². The molecule has 0 atom stereocenters. The van der Waals surface area contributed by atoms with Crippen molar-refractivity contribution in [2.75, 3.05) is 10.2 Å². The summed E-state index contributed by atoms with van der Waals surface area (Å²) >= 11 is 5.78. The first-order chi connectivity index (χ1) is 14.1. The lowest BCUT2D eigenvalue weighted by molar-refractivity contribution is 0.256. The summed E-state index contributed by atoms with van der Waals surface area (Å²) in [6.45, 7) is 0.378. The Labute approximate surface area is 176 Å². The Hall–Kier alpha value is -3.41. The molecule has 0 fully saturated rings. The number of pyridine rings is 1. The van der Waals surface area contributed by atoms with Crippen molar-refractivity contribution in [3.05, 3.63) is 78.1 Å². The van der Waals surface area contributed by atoms with Crippen molar-refractivity contribution in [3.8, 4) is 6.07 Å². The van der Waals surface area contributed by atoms with Crippen LogP contribution < -0.4 is 10.2 Å². The van der Waals surface area contributed by atoms with Crippen LogP contribution in [0.1, 0.15) is 11.1 Å². The first-order valence-corrected chi connectivity index (χ1v) is 9.96. The zero-order valence-electron chi connectivity index (χ0n) is 15.1. The van der Waals surface area contributed by atoms with Crippen LogP contribution in [0.2, 0.25) is 0 Å². The largest absolute Gasteiger partial charge is 0.326 e. The van der Waals surface area contributed by atoms with Gasteiger partial charge in [-0.05, 0) is 60.2 Å². The smallest absolute Gasteiger partial charge is 0.308 e. The minimum atomic E-state index is -0.276. The Morgan fingerprint density at radius 3 is 2.62 bits per heavy atom. The number of hydrogen-bond donors (Lipinski definition) is 2. The summed E-state index contributed by atoms with van der Waals surface area (Å²) in [5.74, 6) is 0. The van der Waals surface area contributed by atoms with E-state index >= 15 is 0 Å². The van der Waals surface area contributed by atoms with Crippen molar-refractivity contribution in [2.45, 2.75) is 10.9 Å². The number of nitriles is 1. The van der Waals surface area contributed by atoms with E-state index in [2.05, 4.69) is 34.0 Å². The summed E-state index contributed by atoms with van der Waals surface area (Å²) in [5, 5.41) is 11.8. The molecule has 2 aromatic heterocycles. The third-order valence-electron chi connectivity index (χ3n) is 4.27. The van der Waals surface area contributed by atoms with Gasteiger partial charge in [-0.1, -0.05) is 0 Å². The first-order valence-electron chi connectivity index (χ1n) is 8.69. The first kappa shape index (κ1) is 18.9. The lowest BCUT2D eigenvalue weighted by Gasteiger charge is -2.23. The fourth-order valence-electron chi connectivity index (χ4n) is 2.84. The van der Waals surface area contributed by atoms with E-state index in [0.29, 0.717) is 22.1 Å². The van der Waals surface area contributed by atoms with Gasteiger partial charge < -0.3 is 5.32 Å². The predicted molar refractivity (Wildman–Crippen MR) is 117 cm³/mol. The van der Waals surface area contributed by atoms with Crippen LogP contribution in [0, 0.1) is 11.3 Å². The number of aromatic nitrogens is 2. The van der Waals surface area contributed by atoms with E-state index in [4.69, 9.17) is 5.26 Å². The van der Waals surface area contributed by atoms with Crippen molar-refractivity contribution >= 4 is 51.6 Å². The van der Waals surface area contributed by atoms with Gasteiger partial charge in [-0.15, -0.1) is 24.0 Å². The van der Waals surface area contributed by atoms with Crippen LogP contribution in [0.4, 0.5) is 16.2 Å². The molecular formula is C21H15N5OS2. The van der Waals surface area contributed by atoms with Crippen LogP contribution >= 0.6 is 24.0 Å². The zero-order valence-corrected chi connectivity index (χ0v) is 16.8. The lowest BCUT2D eigenvalue weighted by Crippen LogP contribution is -2.34. The Bertz CT molecular complexity index is 1200.